The van der Waals surface area contributed by atoms with Crippen molar-refractivity contribution in [3.63, 3.8) is 0 Å². The molecule has 0 aromatic heterocycles. The van der Waals surface area contributed by atoms with Gasteiger partial charge in [-0.3, -0.25) is 9.59 Å². The highest BCUT2D eigenvalue weighted by Crippen LogP contribution is 2.10. The summed E-state index contributed by atoms with van der Waals surface area (Å²) in [5.74, 6) is -1.46. The lowest BCUT2D eigenvalue weighted by Gasteiger charge is -2.28. The smallest absolute Gasteiger partial charge is 0.303 e. The molecule has 0 unspecified atom stereocenters. The third-order valence-electron chi connectivity index (χ3n) is 2.06. The molecule has 4 N–H and O–H groups in total. The fraction of sp³-hybridized carbons (Fsp3) is 0.800. The van der Waals surface area contributed by atoms with Crippen LogP contribution in [-0.4, -0.2) is 70.0 Å². The Labute approximate surface area is 104 Å². The Hall–Kier alpha value is -1.22. The van der Waals surface area contributed by atoms with Crippen LogP contribution in [0.3, 0.4) is 0 Å². The zero-order valence-electron chi connectivity index (χ0n) is 10.1. The normalized spacial score (nSPS) is 17.4. The third kappa shape index (κ3) is 5.92. The highest BCUT2D eigenvalue weighted by Gasteiger charge is 2.34. The predicted octanol–water partition coefficient (Wildman–Crippen LogP) is -2.44. The first-order chi connectivity index (χ1) is 8.29. The lowest BCUT2D eigenvalue weighted by Crippen LogP contribution is -2.49. The van der Waals surface area contributed by atoms with Crippen LogP contribution in [0.4, 0.5) is 0 Å². The molecule has 0 saturated carbocycles. The molecule has 0 aliphatic rings. The summed E-state index contributed by atoms with van der Waals surface area (Å²) in [5, 5.41) is 37.2. The van der Waals surface area contributed by atoms with Crippen LogP contribution in [-0.2, 0) is 19.1 Å². The zero-order chi connectivity index (χ0) is 14.3. The maximum absolute atomic E-state index is 10.8. The minimum atomic E-state index is -1.70. The Kier molecular flexibility index (Phi) is 7.44. The van der Waals surface area contributed by atoms with E-state index in [1.54, 1.807) is 0 Å². The van der Waals surface area contributed by atoms with E-state index in [0.717, 1.165) is 13.8 Å². The maximum atomic E-state index is 10.8. The Morgan fingerprint density at radius 2 is 1.61 bits per heavy atom. The first kappa shape index (κ1) is 16.8. The van der Waals surface area contributed by atoms with Crippen LogP contribution in [0.5, 0.6) is 0 Å². The first-order valence-electron chi connectivity index (χ1n) is 5.25. The number of ether oxygens (including phenoxy) is 2. The second kappa shape index (κ2) is 7.98. The van der Waals surface area contributed by atoms with Crippen molar-refractivity contribution in [1.82, 2.24) is 0 Å². The summed E-state index contributed by atoms with van der Waals surface area (Å²) in [4.78, 5) is 21.3. The topological polar surface area (TPSA) is 134 Å². The number of carbonyl (C=O) groups excluding carboxylic acids is 2. The van der Waals surface area contributed by atoms with E-state index in [0.29, 0.717) is 0 Å². The van der Waals surface area contributed by atoms with Crippen molar-refractivity contribution in [2.45, 2.75) is 38.3 Å². The van der Waals surface area contributed by atoms with Gasteiger partial charge < -0.3 is 29.9 Å². The van der Waals surface area contributed by atoms with Crippen LogP contribution in [0, 0.1) is 0 Å². The van der Waals surface area contributed by atoms with E-state index in [1.807, 2.05) is 0 Å². The van der Waals surface area contributed by atoms with Gasteiger partial charge in [-0.2, -0.15) is 0 Å². The van der Waals surface area contributed by atoms with E-state index < -0.39 is 49.6 Å². The summed E-state index contributed by atoms with van der Waals surface area (Å²) in [6, 6.07) is 0. The molecule has 106 valence electrons. The monoisotopic (exact) mass is 266 g/mol. The lowest BCUT2D eigenvalue weighted by molar-refractivity contribution is -0.177. The fourth-order valence-corrected chi connectivity index (χ4v) is 1.19. The van der Waals surface area contributed by atoms with Gasteiger partial charge in [0.15, 0.2) is 6.10 Å². The van der Waals surface area contributed by atoms with Gasteiger partial charge in [-0.15, -0.1) is 0 Å². The van der Waals surface area contributed by atoms with Crippen molar-refractivity contribution in [3.05, 3.63) is 0 Å². The van der Waals surface area contributed by atoms with Crippen LogP contribution in [0.15, 0.2) is 0 Å². The lowest BCUT2D eigenvalue weighted by atomic mass is 10.0. The van der Waals surface area contributed by atoms with Gasteiger partial charge in [0.05, 0.1) is 6.61 Å². The molecule has 0 aromatic carbocycles. The summed E-state index contributed by atoms with van der Waals surface area (Å²) >= 11 is 0. The molecule has 0 heterocycles. The van der Waals surface area contributed by atoms with Gasteiger partial charge in [0.2, 0.25) is 0 Å². The Morgan fingerprint density at radius 3 is 2.00 bits per heavy atom. The molecule has 4 atom stereocenters. The largest absolute Gasteiger partial charge is 0.463 e. The SMILES string of the molecule is CC(=O)OC[C@@H](O)[C@H](O)[C@@H](OC(C)=O)[C@@H](O)CO. The van der Waals surface area contributed by atoms with Crippen LogP contribution in [0.2, 0.25) is 0 Å². The van der Waals surface area contributed by atoms with Crippen molar-refractivity contribution in [2.75, 3.05) is 13.2 Å². The number of aliphatic hydroxyl groups is 4. The number of esters is 2. The predicted molar refractivity (Wildman–Crippen MR) is 57.3 cm³/mol. The third-order valence-corrected chi connectivity index (χ3v) is 2.06. The molecule has 0 amide bonds. The van der Waals surface area contributed by atoms with Gasteiger partial charge in [-0.05, 0) is 0 Å². The molecule has 0 aliphatic heterocycles. The minimum absolute atomic E-state index is 0.521. The molecular weight excluding hydrogens is 248 g/mol. The summed E-state index contributed by atoms with van der Waals surface area (Å²) in [6.45, 7) is 0.870. The van der Waals surface area contributed by atoms with E-state index in [-0.39, 0.29) is 0 Å². The van der Waals surface area contributed by atoms with Crippen LogP contribution >= 0.6 is 0 Å². The highest BCUT2D eigenvalue weighted by molar-refractivity contribution is 5.66. The molecule has 8 heteroatoms. The number of rotatable bonds is 7. The molecule has 0 fully saturated rings. The summed E-state index contributed by atoms with van der Waals surface area (Å²) in [6.07, 6.45) is -6.33. The van der Waals surface area contributed by atoms with Crippen molar-refractivity contribution >= 4 is 11.9 Å². The van der Waals surface area contributed by atoms with Crippen LogP contribution in [0.25, 0.3) is 0 Å². The van der Waals surface area contributed by atoms with E-state index in [9.17, 15) is 24.9 Å². The average molecular weight is 266 g/mol. The van der Waals surface area contributed by atoms with E-state index >= 15 is 0 Å². The van der Waals surface area contributed by atoms with Crippen molar-refractivity contribution in [3.8, 4) is 0 Å². The number of hydrogen-bond acceptors (Lipinski definition) is 8. The second-order valence-electron chi connectivity index (χ2n) is 3.68. The summed E-state index contributed by atoms with van der Waals surface area (Å²) < 4.78 is 9.05. The van der Waals surface area contributed by atoms with Gasteiger partial charge in [0, 0.05) is 13.8 Å². The average Bonchev–Trinajstić information content (AvgIpc) is 2.30. The van der Waals surface area contributed by atoms with Gasteiger partial charge in [-0.25, -0.2) is 0 Å². The van der Waals surface area contributed by atoms with E-state index in [1.165, 1.54) is 0 Å². The molecule has 18 heavy (non-hydrogen) atoms. The summed E-state index contributed by atoms with van der Waals surface area (Å²) in [5.41, 5.74) is 0. The standard InChI is InChI=1S/C10H18O8/c1-5(12)17-4-8(15)9(16)10(7(14)3-11)18-6(2)13/h7-11,14-16H,3-4H2,1-2H3/t7-,8+,9-,10-/m0/s1. The zero-order valence-corrected chi connectivity index (χ0v) is 10.1. The molecule has 0 radical (unpaired) electrons. The van der Waals surface area contributed by atoms with Crippen LogP contribution in [0.1, 0.15) is 13.8 Å². The fourth-order valence-electron chi connectivity index (χ4n) is 1.19. The van der Waals surface area contributed by atoms with Gasteiger partial charge in [0.1, 0.15) is 24.9 Å². The Balaban J connectivity index is 4.56. The van der Waals surface area contributed by atoms with Crippen molar-refractivity contribution in [1.29, 1.82) is 0 Å². The molecular formula is C10H18O8. The van der Waals surface area contributed by atoms with Gasteiger partial charge >= 0.3 is 11.9 Å². The molecule has 0 rings (SSSR count). The molecule has 0 aliphatic carbocycles. The molecule has 0 bridgehead atoms. The molecule has 8 nitrogen and oxygen atoms in total. The molecule has 0 spiro atoms. The van der Waals surface area contributed by atoms with E-state index in [2.05, 4.69) is 9.47 Å². The molecule has 0 aromatic rings. The maximum Gasteiger partial charge on any atom is 0.303 e. The number of carbonyl (C=O) groups is 2. The van der Waals surface area contributed by atoms with E-state index in [4.69, 9.17) is 5.11 Å². The minimum Gasteiger partial charge on any atom is -0.463 e. The quantitative estimate of drug-likeness (QED) is 0.373. The van der Waals surface area contributed by atoms with Gasteiger partial charge in [0.25, 0.3) is 0 Å². The van der Waals surface area contributed by atoms with Crippen molar-refractivity contribution in [2.24, 2.45) is 0 Å². The first-order valence-corrected chi connectivity index (χ1v) is 5.25. The Morgan fingerprint density at radius 1 is 1.06 bits per heavy atom. The van der Waals surface area contributed by atoms with Crippen LogP contribution < -0.4 is 0 Å². The second-order valence-corrected chi connectivity index (χ2v) is 3.68. The van der Waals surface area contributed by atoms with Crippen molar-refractivity contribution < 1.29 is 39.5 Å². The number of hydrogen-bond donors (Lipinski definition) is 4. The summed E-state index contributed by atoms with van der Waals surface area (Å²) in [7, 11) is 0. The number of aliphatic hydroxyl groups excluding tert-OH is 4. The Bertz CT molecular complexity index is 279. The highest BCUT2D eigenvalue weighted by atomic mass is 16.6. The van der Waals surface area contributed by atoms with Gasteiger partial charge in [-0.1, -0.05) is 0 Å². The molecule has 0 saturated heterocycles.